The van der Waals surface area contributed by atoms with Crippen molar-refractivity contribution in [3.05, 3.63) is 0 Å². The quantitative estimate of drug-likeness (QED) is 0.810. The third-order valence-corrected chi connectivity index (χ3v) is 5.55. The van der Waals surface area contributed by atoms with Crippen molar-refractivity contribution < 1.29 is 17.9 Å². The smallest absolute Gasteiger partial charge is 0.220 e. The summed E-state index contributed by atoms with van der Waals surface area (Å²) in [5.41, 5.74) is 0. The summed E-state index contributed by atoms with van der Waals surface area (Å²) in [6.07, 6.45) is 3.08. The van der Waals surface area contributed by atoms with Gasteiger partial charge in [-0.1, -0.05) is 0 Å². The summed E-state index contributed by atoms with van der Waals surface area (Å²) in [5, 5.41) is 2.92. The van der Waals surface area contributed by atoms with E-state index in [0.29, 0.717) is 12.8 Å². The van der Waals surface area contributed by atoms with Crippen LogP contribution in [0.15, 0.2) is 0 Å². The van der Waals surface area contributed by atoms with E-state index >= 15 is 0 Å². The van der Waals surface area contributed by atoms with Crippen molar-refractivity contribution in [1.82, 2.24) is 5.32 Å². The molecule has 0 aliphatic carbocycles. The van der Waals surface area contributed by atoms with Gasteiger partial charge in [-0.15, -0.1) is 0 Å². The summed E-state index contributed by atoms with van der Waals surface area (Å²) in [5.74, 6) is 0.327. The van der Waals surface area contributed by atoms with Crippen molar-refractivity contribution in [1.29, 1.82) is 0 Å². The molecule has 1 amide bonds. The van der Waals surface area contributed by atoms with Crippen molar-refractivity contribution in [3.63, 3.8) is 0 Å². The van der Waals surface area contributed by atoms with Crippen molar-refractivity contribution in [2.75, 3.05) is 18.1 Å². The van der Waals surface area contributed by atoms with E-state index in [0.717, 1.165) is 19.4 Å². The predicted octanol–water partition coefficient (Wildman–Crippen LogP) is 0.495. The fraction of sp³-hybridized carbons (Fsp3) is 0.917. The van der Waals surface area contributed by atoms with Gasteiger partial charge >= 0.3 is 0 Å². The highest BCUT2D eigenvalue weighted by Crippen LogP contribution is 2.22. The Morgan fingerprint density at radius 3 is 2.78 bits per heavy atom. The van der Waals surface area contributed by atoms with Crippen LogP contribution in [0.4, 0.5) is 0 Å². The van der Waals surface area contributed by atoms with Gasteiger partial charge in [-0.3, -0.25) is 4.79 Å². The number of ether oxygens (including phenoxy) is 1. The molecule has 0 aromatic rings. The van der Waals surface area contributed by atoms with E-state index in [4.69, 9.17) is 4.74 Å². The van der Waals surface area contributed by atoms with E-state index in [2.05, 4.69) is 5.32 Å². The Morgan fingerprint density at radius 2 is 2.22 bits per heavy atom. The van der Waals surface area contributed by atoms with Crippen LogP contribution in [0.1, 0.15) is 32.6 Å². The van der Waals surface area contributed by atoms with Crippen LogP contribution in [0.3, 0.4) is 0 Å². The van der Waals surface area contributed by atoms with Gasteiger partial charge in [0.2, 0.25) is 5.91 Å². The van der Waals surface area contributed by atoms with Crippen LogP contribution in [0.2, 0.25) is 0 Å². The van der Waals surface area contributed by atoms with Crippen LogP contribution in [0, 0.1) is 5.92 Å². The molecule has 0 radical (unpaired) electrons. The molecule has 2 saturated heterocycles. The molecule has 1 N–H and O–H groups in total. The van der Waals surface area contributed by atoms with Gasteiger partial charge in [-0.2, -0.15) is 0 Å². The number of hydrogen-bond acceptors (Lipinski definition) is 4. The largest absolute Gasteiger partial charge is 0.376 e. The van der Waals surface area contributed by atoms with E-state index in [1.54, 1.807) is 0 Å². The lowest BCUT2D eigenvalue weighted by molar-refractivity contribution is -0.123. The molecule has 0 spiro atoms. The lowest BCUT2D eigenvalue weighted by Crippen LogP contribution is -2.41. The minimum Gasteiger partial charge on any atom is -0.376 e. The SMILES string of the molecule is C[C@H](NC(=O)C[C@H]1CCS(=O)(=O)C1)[C@@H]1CCCO1. The molecular formula is C12H21NO4S. The van der Waals surface area contributed by atoms with Crippen LogP contribution < -0.4 is 5.32 Å². The standard InChI is InChI=1S/C12H21NO4S/c1-9(11-3-2-5-17-11)13-12(14)7-10-4-6-18(15,16)8-10/h9-11H,2-8H2,1H3,(H,13,14)/t9-,10+,11-/m0/s1. The molecule has 104 valence electrons. The lowest BCUT2D eigenvalue weighted by atomic mass is 10.0. The van der Waals surface area contributed by atoms with Gasteiger partial charge in [0.05, 0.1) is 23.7 Å². The maximum absolute atomic E-state index is 11.8. The number of hydrogen-bond donors (Lipinski definition) is 1. The molecule has 0 bridgehead atoms. The summed E-state index contributed by atoms with van der Waals surface area (Å²) in [7, 11) is -2.89. The number of carbonyl (C=O) groups excluding carboxylic acids is 1. The topological polar surface area (TPSA) is 72.5 Å². The molecule has 2 aliphatic rings. The van der Waals surface area contributed by atoms with Crippen molar-refractivity contribution in [2.45, 2.75) is 44.8 Å². The summed E-state index contributed by atoms with van der Waals surface area (Å²) < 4.78 is 28.1. The average molecular weight is 275 g/mol. The second kappa shape index (κ2) is 5.57. The first kappa shape index (κ1) is 13.8. The van der Waals surface area contributed by atoms with Gasteiger partial charge in [0.25, 0.3) is 0 Å². The minimum absolute atomic E-state index is 0.00769. The molecule has 2 rings (SSSR count). The Labute approximate surface area is 108 Å². The molecule has 0 aromatic carbocycles. The molecule has 0 aromatic heterocycles. The van der Waals surface area contributed by atoms with Gasteiger partial charge in [0, 0.05) is 13.0 Å². The highest BCUT2D eigenvalue weighted by atomic mass is 32.2. The van der Waals surface area contributed by atoms with Crippen LogP contribution >= 0.6 is 0 Å². The number of sulfone groups is 1. The predicted molar refractivity (Wildman–Crippen MR) is 68.0 cm³/mol. The third-order valence-electron chi connectivity index (χ3n) is 3.71. The fourth-order valence-electron chi connectivity index (χ4n) is 2.70. The Bertz CT molecular complexity index is 400. The van der Waals surface area contributed by atoms with Gasteiger partial charge in [0.15, 0.2) is 9.84 Å². The first-order valence-electron chi connectivity index (χ1n) is 6.58. The number of nitrogens with one attached hydrogen (secondary N) is 1. The maximum atomic E-state index is 11.8. The molecular weight excluding hydrogens is 254 g/mol. The molecule has 18 heavy (non-hydrogen) atoms. The summed E-state index contributed by atoms with van der Waals surface area (Å²) in [4.78, 5) is 11.8. The summed E-state index contributed by atoms with van der Waals surface area (Å²) >= 11 is 0. The second-order valence-electron chi connectivity index (χ2n) is 5.38. The highest BCUT2D eigenvalue weighted by molar-refractivity contribution is 7.91. The van der Waals surface area contributed by atoms with Crippen molar-refractivity contribution in [3.8, 4) is 0 Å². The van der Waals surface area contributed by atoms with Gasteiger partial charge in [-0.25, -0.2) is 8.42 Å². The molecule has 0 saturated carbocycles. The van der Waals surface area contributed by atoms with Crippen LogP contribution in [-0.2, 0) is 19.4 Å². The summed E-state index contributed by atoms with van der Waals surface area (Å²) in [6.45, 7) is 2.71. The number of amides is 1. The van der Waals surface area contributed by atoms with Gasteiger partial charge in [-0.05, 0) is 32.1 Å². The van der Waals surface area contributed by atoms with Gasteiger partial charge in [0.1, 0.15) is 0 Å². The minimum atomic E-state index is -2.89. The fourth-order valence-corrected chi connectivity index (χ4v) is 4.56. The van der Waals surface area contributed by atoms with E-state index in [9.17, 15) is 13.2 Å². The van der Waals surface area contributed by atoms with E-state index in [-0.39, 0.29) is 35.5 Å². The zero-order chi connectivity index (χ0) is 13.2. The number of rotatable bonds is 4. The normalized spacial score (nSPS) is 32.3. The van der Waals surface area contributed by atoms with Crippen LogP contribution in [-0.4, -0.2) is 44.6 Å². The van der Waals surface area contributed by atoms with E-state index in [1.807, 2.05) is 6.92 Å². The average Bonchev–Trinajstić information content (AvgIpc) is 2.87. The zero-order valence-corrected chi connectivity index (χ0v) is 11.5. The van der Waals surface area contributed by atoms with Crippen molar-refractivity contribution >= 4 is 15.7 Å². The first-order chi connectivity index (χ1) is 8.46. The Balaban J connectivity index is 1.75. The van der Waals surface area contributed by atoms with E-state index < -0.39 is 9.84 Å². The molecule has 2 aliphatic heterocycles. The van der Waals surface area contributed by atoms with Crippen molar-refractivity contribution in [2.24, 2.45) is 5.92 Å². The second-order valence-corrected chi connectivity index (χ2v) is 7.61. The monoisotopic (exact) mass is 275 g/mol. The zero-order valence-electron chi connectivity index (χ0n) is 10.7. The molecule has 3 atom stereocenters. The maximum Gasteiger partial charge on any atom is 0.220 e. The molecule has 5 nitrogen and oxygen atoms in total. The first-order valence-corrected chi connectivity index (χ1v) is 8.40. The highest BCUT2D eigenvalue weighted by Gasteiger charge is 2.30. The number of carbonyl (C=O) groups is 1. The van der Waals surface area contributed by atoms with Crippen LogP contribution in [0.25, 0.3) is 0 Å². The lowest BCUT2D eigenvalue weighted by Gasteiger charge is -2.20. The van der Waals surface area contributed by atoms with E-state index in [1.165, 1.54) is 0 Å². The molecule has 2 fully saturated rings. The van der Waals surface area contributed by atoms with Gasteiger partial charge < -0.3 is 10.1 Å². The Hall–Kier alpha value is -0.620. The third kappa shape index (κ3) is 3.68. The Morgan fingerprint density at radius 1 is 1.44 bits per heavy atom. The van der Waals surface area contributed by atoms with Crippen LogP contribution in [0.5, 0.6) is 0 Å². The Kier molecular flexibility index (Phi) is 4.27. The summed E-state index contributed by atoms with van der Waals surface area (Å²) in [6, 6.07) is 0.0120. The molecule has 0 unspecified atom stereocenters. The molecule has 6 heteroatoms. The molecule has 2 heterocycles.